The zero-order valence-electron chi connectivity index (χ0n) is 54.8. The number of fused-ring (bicyclic) bond motifs is 7. The third-order valence-corrected chi connectivity index (χ3v) is 18.1. The predicted octanol–water partition coefficient (Wildman–Crippen LogP) is 11.5. The van der Waals surface area contributed by atoms with E-state index in [1.807, 2.05) is 72.8 Å². The van der Waals surface area contributed by atoms with Gasteiger partial charge in [-0.3, -0.25) is 0 Å². The van der Waals surface area contributed by atoms with E-state index >= 15 is 0 Å². The molecule has 0 amide bonds. The van der Waals surface area contributed by atoms with Crippen molar-refractivity contribution in [2.24, 2.45) is 0 Å². The summed E-state index contributed by atoms with van der Waals surface area (Å²) in [5.41, 5.74) is -3.31. The third-order valence-electron chi connectivity index (χ3n) is 12.1. The van der Waals surface area contributed by atoms with Crippen LogP contribution < -0.4 is 36.4 Å². The van der Waals surface area contributed by atoms with Gasteiger partial charge >= 0.3 is 0 Å². The molecule has 2 aliphatic heterocycles. The van der Waals surface area contributed by atoms with Crippen molar-refractivity contribution in [3.8, 4) is 50.6 Å². The average Bonchev–Trinajstić information content (AvgIpc) is 1.10. The minimum absolute atomic E-state index is 0.0117. The highest BCUT2D eigenvalue weighted by Gasteiger charge is 2.42. The molecule has 0 unspecified atom stereocenters. The van der Waals surface area contributed by atoms with Gasteiger partial charge < -0.3 is 9.30 Å². The smallest absolute Gasteiger partial charge is 0.289 e. The number of aromatic nitrogens is 1. The molecule has 0 atom stereocenters. The van der Waals surface area contributed by atoms with Gasteiger partial charge in [-0.15, -0.1) is 0 Å². The molecule has 0 bridgehead atoms. The quantitative estimate of drug-likeness (QED) is 0.117. The second-order valence-corrected chi connectivity index (χ2v) is 20.4. The minimum atomic E-state index is -3.32. The van der Waals surface area contributed by atoms with Crippen LogP contribution in [-0.2, 0) is 0 Å². The molecule has 5 heteroatoms. The van der Waals surface area contributed by atoms with Crippen LogP contribution in [0.3, 0.4) is 0 Å². The van der Waals surface area contributed by atoms with Crippen molar-refractivity contribution in [2.45, 2.75) is 4.90 Å². The molecule has 0 saturated carbocycles. The fraction of sp³-hybridized carbons (Fsp3) is 0. The molecule has 13 rings (SSSR count). The zero-order valence-corrected chi connectivity index (χ0v) is 35.6. The van der Waals surface area contributed by atoms with Gasteiger partial charge in [-0.05, 0) is 108 Å². The maximum Gasteiger partial charge on any atom is 0.289 e. The lowest BCUT2D eigenvalue weighted by atomic mass is 9.57. The Morgan fingerprint density at radius 2 is 1.05 bits per heavy atom. The van der Waals surface area contributed by atoms with E-state index in [1.165, 1.54) is 0 Å². The van der Waals surface area contributed by atoms with Crippen LogP contribution in [0.4, 0.5) is 0 Å². The van der Waals surface area contributed by atoms with E-state index < -0.39 is 174 Å². The van der Waals surface area contributed by atoms with E-state index in [0.29, 0.717) is 5.56 Å². The first-order valence-corrected chi connectivity index (χ1v) is 23.5. The second kappa shape index (κ2) is 15.3. The molecule has 2 aliphatic rings. The lowest BCUT2D eigenvalue weighted by Gasteiger charge is -2.35. The number of para-hydroxylation sites is 4. The van der Waals surface area contributed by atoms with Gasteiger partial charge in [-0.25, -0.2) is 0 Å². The summed E-state index contributed by atoms with van der Waals surface area (Å²) in [7, 11) is -3.32. The Kier molecular flexibility index (Phi) is 5.27. The number of hydrogen-bond donors (Lipinski definition) is 0. The lowest BCUT2D eigenvalue weighted by Crippen LogP contribution is -2.74. The molecule has 0 saturated heterocycles. The van der Waals surface area contributed by atoms with Crippen LogP contribution in [0.15, 0.2) is 247 Å². The predicted molar refractivity (Wildman–Crippen MR) is 278 cm³/mol. The van der Waals surface area contributed by atoms with E-state index in [-0.39, 0.29) is 50.1 Å². The van der Waals surface area contributed by atoms with Crippen LogP contribution in [0.2, 0.25) is 0 Å². The van der Waals surface area contributed by atoms with E-state index in [1.54, 1.807) is 6.07 Å². The van der Waals surface area contributed by atoms with E-state index in [4.69, 9.17) is 19.8 Å². The monoisotopic (exact) mass is 882 g/mol. The van der Waals surface area contributed by atoms with Crippen LogP contribution >= 0.6 is 11.6 Å². The van der Waals surface area contributed by atoms with Gasteiger partial charge in [0.2, 0.25) is 0 Å². The zero-order chi connectivity index (χ0) is 61.2. The molecule has 3 heterocycles. The summed E-state index contributed by atoms with van der Waals surface area (Å²) in [6, 6.07) is 22.2. The van der Waals surface area contributed by atoms with Crippen molar-refractivity contribution < 1.29 is 33.5 Å². The fourth-order valence-corrected chi connectivity index (χ4v) is 15.3. The molecule has 65 heavy (non-hydrogen) atoms. The second-order valence-electron chi connectivity index (χ2n) is 15.5. The molecular weight excluding hydrogens is 822 g/mol. The first-order valence-electron chi connectivity index (χ1n) is 31.1. The number of rotatable bonds is 7. The van der Waals surface area contributed by atoms with Crippen LogP contribution in [0.5, 0.6) is 11.5 Å². The van der Waals surface area contributed by atoms with Crippen LogP contribution in [0.1, 0.15) is 28.8 Å². The van der Waals surface area contributed by atoms with Gasteiger partial charge in [0.25, 0.3) is 5.99 Å². The minimum Gasteiger partial charge on any atom is -0.458 e. The number of hydrogen-bond acceptors (Lipinski definition) is 2. The standard InChI is InChI=1S/C60H40BNOSSi/c1-4-20-44(21-5-1)65(45-22-6-2-7-23-45,46-24-8-3-9-25-46)47-26-18-19-41(37-47)43-39-52-51-38-42(35-36-59(51)64-61-53-30-13-17-34-57(53)63-58(40-43)60(52)61)48-27-10-14-31-54(48)62-55-32-15-11-28-49(55)50-29-12-16-33-56(50)62/h1-40H/i10D,11D,12D,13D,14D,15D,16D,17D,27D,28D,29D,30D,31D,32D,33D,34D,35D,36D,38D,39D,40D. The Morgan fingerprint density at radius 1 is 0.462 bits per heavy atom. The highest BCUT2D eigenvalue weighted by Crippen LogP contribution is 2.47. The Bertz CT molecular complexity index is 4680. The molecule has 2 nitrogen and oxygen atoms in total. The summed E-state index contributed by atoms with van der Waals surface area (Å²) in [4.78, 5) is -0.149. The van der Waals surface area contributed by atoms with Crippen molar-refractivity contribution in [1.29, 1.82) is 0 Å². The average molecular weight is 883 g/mol. The van der Waals surface area contributed by atoms with Crippen molar-refractivity contribution in [3.05, 3.63) is 242 Å². The van der Waals surface area contributed by atoms with Gasteiger partial charge in [0.05, 0.1) is 45.5 Å². The first kappa shape index (κ1) is 22.4. The summed E-state index contributed by atoms with van der Waals surface area (Å²) in [5, 5.41) is 3.02. The van der Waals surface area contributed by atoms with Crippen molar-refractivity contribution in [2.75, 3.05) is 0 Å². The summed E-state index contributed by atoms with van der Waals surface area (Å²) in [6.07, 6.45) is 0. The fourth-order valence-electron chi connectivity index (χ4n) is 9.30. The summed E-state index contributed by atoms with van der Waals surface area (Å²) in [5.74, 6) is -1.83. The van der Waals surface area contributed by atoms with E-state index in [0.717, 1.165) is 36.9 Å². The lowest BCUT2D eigenvalue weighted by molar-refractivity contribution is 0.488. The SMILES string of the molecule is [2H]c1c([2H])c([2H])c2c(c1[2H])Oc1c([2H])c(-c3cccc([Si](c4ccccc4)(c4ccccc4)c4ccccc4)c3)c([2H])c3c1B2Sc1c([2H])c([2H])c(-c2c([2H])c([2H])c([2H])c([2H])c2-n2c4c([2H])c([2H])c([2H])c([2H])c4c4c([2H])c([2H])c([2H])c([2H])c42)c([2H])c1-3. The van der Waals surface area contributed by atoms with Gasteiger partial charge in [0, 0.05) is 21.2 Å². The van der Waals surface area contributed by atoms with Crippen LogP contribution in [-0.4, -0.2) is 18.6 Å². The largest absolute Gasteiger partial charge is 0.458 e. The summed E-state index contributed by atoms with van der Waals surface area (Å²) < 4.78 is 203. The maximum atomic E-state index is 10.5. The number of ether oxygens (including phenoxy) is 1. The molecule has 0 N–H and O–H groups in total. The summed E-state index contributed by atoms with van der Waals surface area (Å²) >= 11 is 0.812. The van der Waals surface area contributed by atoms with Crippen molar-refractivity contribution in [3.63, 3.8) is 0 Å². The van der Waals surface area contributed by atoms with Gasteiger partial charge in [-0.2, -0.15) is 11.6 Å². The Balaban J connectivity index is 1.17. The third kappa shape index (κ3) is 5.96. The highest BCUT2D eigenvalue weighted by molar-refractivity contribution is 8.28. The van der Waals surface area contributed by atoms with Crippen LogP contribution in [0, 0.1) is 0 Å². The maximum absolute atomic E-state index is 10.5. The van der Waals surface area contributed by atoms with Gasteiger partial charge in [0.1, 0.15) is 11.5 Å². The Hall–Kier alpha value is -7.57. The highest BCUT2D eigenvalue weighted by atomic mass is 32.2. The molecule has 0 fully saturated rings. The molecule has 11 aromatic rings. The number of benzene rings is 10. The molecule has 0 radical (unpaired) electrons. The molecule has 304 valence electrons. The molecule has 0 aliphatic carbocycles. The normalized spacial score (nSPS) is 17.2. The topological polar surface area (TPSA) is 14.2 Å². The van der Waals surface area contributed by atoms with Crippen molar-refractivity contribution in [1.82, 2.24) is 4.57 Å². The Morgan fingerprint density at radius 3 is 1.74 bits per heavy atom. The first-order chi connectivity index (χ1) is 41.0. The van der Waals surface area contributed by atoms with Gasteiger partial charge in [-0.1, -0.05) is 194 Å². The Labute approximate surface area is 414 Å². The van der Waals surface area contributed by atoms with Gasteiger partial charge in [0.15, 0.2) is 8.07 Å². The summed E-state index contributed by atoms with van der Waals surface area (Å²) in [6.45, 7) is 0. The molecule has 10 aromatic carbocycles. The number of nitrogens with zero attached hydrogens (tertiary/aromatic N) is 1. The molecule has 0 spiro atoms. The van der Waals surface area contributed by atoms with E-state index in [9.17, 15) is 13.7 Å². The molecule has 1 aromatic heterocycles. The molecular formula is C60H40BNOSSi. The van der Waals surface area contributed by atoms with Crippen molar-refractivity contribution >= 4 is 79.2 Å². The van der Waals surface area contributed by atoms with Crippen LogP contribution in [0.25, 0.3) is 60.9 Å². The van der Waals surface area contributed by atoms with E-state index in [2.05, 4.69) is 36.4 Å².